The van der Waals surface area contributed by atoms with E-state index in [-0.39, 0.29) is 5.82 Å². The van der Waals surface area contributed by atoms with Crippen molar-refractivity contribution in [1.82, 2.24) is 0 Å². The van der Waals surface area contributed by atoms with Crippen LogP contribution in [-0.4, -0.2) is 0 Å². The van der Waals surface area contributed by atoms with E-state index in [1.807, 2.05) is 30.3 Å². The Balaban J connectivity index is 2.19. The number of hydrogen-bond acceptors (Lipinski definition) is 0. The van der Waals surface area contributed by atoms with E-state index in [1.54, 1.807) is 6.07 Å². The van der Waals surface area contributed by atoms with E-state index in [4.69, 9.17) is 0 Å². The fourth-order valence-corrected chi connectivity index (χ4v) is 3.06. The molecular weight excluding hydrogens is 247 g/mol. The quantitative estimate of drug-likeness (QED) is 0.650. The highest BCUT2D eigenvalue weighted by Gasteiger charge is 2.17. The summed E-state index contributed by atoms with van der Waals surface area (Å²) in [6.07, 6.45) is 5.46. The van der Waals surface area contributed by atoms with Crippen molar-refractivity contribution in [2.24, 2.45) is 0 Å². The summed E-state index contributed by atoms with van der Waals surface area (Å²) in [6, 6.07) is 11.3. The maximum Gasteiger partial charge on any atom is 0.131 e. The first kappa shape index (κ1) is 13.1. The van der Waals surface area contributed by atoms with Gasteiger partial charge in [-0.25, -0.2) is 4.39 Å². The van der Waals surface area contributed by atoms with Crippen LogP contribution in [0.2, 0.25) is 0 Å². The molecule has 0 unspecified atom stereocenters. The van der Waals surface area contributed by atoms with Crippen molar-refractivity contribution in [3.8, 4) is 0 Å². The topological polar surface area (TPSA) is 0 Å². The summed E-state index contributed by atoms with van der Waals surface area (Å²) in [6.45, 7) is 4.39. The van der Waals surface area contributed by atoms with Crippen LogP contribution >= 0.6 is 0 Å². The van der Waals surface area contributed by atoms with E-state index in [9.17, 15) is 4.39 Å². The maximum atomic E-state index is 13.9. The molecule has 102 valence electrons. The van der Waals surface area contributed by atoms with E-state index in [0.717, 1.165) is 30.0 Å². The predicted molar refractivity (Wildman–Crippen MR) is 84.1 cm³/mol. The van der Waals surface area contributed by atoms with Crippen molar-refractivity contribution in [3.63, 3.8) is 0 Å². The van der Waals surface area contributed by atoms with Crippen LogP contribution in [0.5, 0.6) is 0 Å². The van der Waals surface area contributed by atoms with E-state index in [1.165, 1.54) is 22.3 Å². The van der Waals surface area contributed by atoms with Gasteiger partial charge in [-0.2, -0.15) is 0 Å². The lowest BCUT2D eigenvalue weighted by molar-refractivity contribution is 0.640. The van der Waals surface area contributed by atoms with Crippen LogP contribution in [0.1, 0.15) is 38.7 Å². The molecule has 0 radical (unpaired) electrons. The second-order valence-electron chi connectivity index (χ2n) is 5.33. The first-order chi connectivity index (χ1) is 9.74. The third-order valence-electron chi connectivity index (χ3n) is 4.20. The Labute approximate surface area is 119 Å². The maximum absolute atomic E-state index is 13.9. The summed E-state index contributed by atoms with van der Waals surface area (Å²) in [7, 11) is 0. The van der Waals surface area contributed by atoms with Gasteiger partial charge in [0.15, 0.2) is 0 Å². The van der Waals surface area contributed by atoms with Crippen molar-refractivity contribution < 1.29 is 4.39 Å². The van der Waals surface area contributed by atoms with Gasteiger partial charge < -0.3 is 0 Å². The fraction of sp³-hybridized carbons (Fsp3) is 0.263. The van der Waals surface area contributed by atoms with Gasteiger partial charge in [0, 0.05) is 5.39 Å². The Kier molecular flexibility index (Phi) is 3.43. The van der Waals surface area contributed by atoms with Gasteiger partial charge in [0.1, 0.15) is 5.82 Å². The van der Waals surface area contributed by atoms with E-state index in [0.29, 0.717) is 0 Å². The summed E-state index contributed by atoms with van der Waals surface area (Å²) in [4.78, 5) is 0. The molecule has 0 saturated heterocycles. The number of allylic oxidation sites excluding steroid dienone is 4. The molecule has 2 aromatic rings. The molecule has 0 bridgehead atoms. The zero-order valence-electron chi connectivity index (χ0n) is 12.0. The van der Waals surface area contributed by atoms with E-state index < -0.39 is 0 Å². The molecular formula is C19H19F. The van der Waals surface area contributed by atoms with Gasteiger partial charge in [0.2, 0.25) is 0 Å². The molecule has 0 atom stereocenters. The average Bonchev–Trinajstić information content (AvgIpc) is 2.91. The van der Waals surface area contributed by atoms with Gasteiger partial charge in [0.05, 0.1) is 0 Å². The van der Waals surface area contributed by atoms with Gasteiger partial charge in [-0.1, -0.05) is 55.8 Å². The van der Waals surface area contributed by atoms with Crippen molar-refractivity contribution in [3.05, 3.63) is 65.0 Å². The third kappa shape index (κ3) is 2.07. The van der Waals surface area contributed by atoms with Gasteiger partial charge in [-0.15, -0.1) is 0 Å². The molecule has 0 spiro atoms. The number of rotatable bonds is 3. The second kappa shape index (κ2) is 5.24. The van der Waals surface area contributed by atoms with Gasteiger partial charge in [-0.05, 0) is 47.4 Å². The Morgan fingerprint density at radius 2 is 1.70 bits per heavy atom. The SMILES string of the molecule is CCC1=CC(CC)=C(c2ccc(F)c3ccccc23)C1. The molecule has 0 aliphatic heterocycles. The third-order valence-corrected chi connectivity index (χ3v) is 4.20. The zero-order valence-corrected chi connectivity index (χ0v) is 12.0. The molecule has 0 amide bonds. The van der Waals surface area contributed by atoms with Crippen LogP contribution in [0.15, 0.2) is 53.6 Å². The fourth-order valence-electron chi connectivity index (χ4n) is 3.06. The molecule has 1 aliphatic carbocycles. The zero-order chi connectivity index (χ0) is 14.1. The van der Waals surface area contributed by atoms with Gasteiger partial charge in [-0.3, -0.25) is 0 Å². The molecule has 0 aromatic heterocycles. The van der Waals surface area contributed by atoms with E-state index >= 15 is 0 Å². The first-order valence-electron chi connectivity index (χ1n) is 7.33. The van der Waals surface area contributed by atoms with Crippen LogP contribution < -0.4 is 0 Å². The van der Waals surface area contributed by atoms with Crippen LogP contribution in [0.3, 0.4) is 0 Å². The Morgan fingerprint density at radius 1 is 0.950 bits per heavy atom. The highest BCUT2D eigenvalue weighted by molar-refractivity contribution is 5.96. The lowest BCUT2D eigenvalue weighted by Crippen LogP contribution is -1.90. The van der Waals surface area contributed by atoms with E-state index in [2.05, 4.69) is 19.9 Å². The summed E-state index contributed by atoms with van der Waals surface area (Å²) in [5.74, 6) is -0.135. The summed E-state index contributed by atoms with van der Waals surface area (Å²) < 4.78 is 13.9. The Morgan fingerprint density at radius 3 is 2.40 bits per heavy atom. The molecule has 1 aliphatic rings. The normalized spacial score (nSPS) is 15.1. The number of benzene rings is 2. The minimum atomic E-state index is -0.135. The van der Waals surface area contributed by atoms with Crippen molar-refractivity contribution in [1.29, 1.82) is 0 Å². The predicted octanol–water partition coefficient (Wildman–Crippen LogP) is 5.88. The molecule has 0 heterocycles. The molecule has 0 saturated carbocycles. The van der Waals surface area contributed by atoms with Crippen molar-refractivity contribution in [2.75, 3.05) is 0 Å². The van der Waals surface area contributed by atoms with Crippen molar-refractivity contribution in [2.45, 2.75) is 33.1 Å². The summed E-state index contributed by atoms with van der Waals surface area (Å²) in [5.41, 5.74) is 5.45. The molecule has 0 nitrogen and oxygen atoms in total. The van der Waals surface area contributed by atoms with Gasteiger partial charge in [0.25, 0.3) is 0 Å². The van der Waals surface area contributed by atoms with Crippen molar-refractivity contribution >= 4 is 16.3 Å². The lowest BCUT2D eigenvalue weighted by atomic mass is 9.93. The molecule has 3 rings (SSSR count). The summed E-state index contributed by atoms with van der Waals surface area (Å²) >= 11 is 0. The Bertz CT molecular complexity index is 720. The average molecular weight is 266 g/mol. The van der Waals surface area contributed by atoms with Gasteiger partial charge >= 0.3 is 0 Å². The van der Waals surface area contributed by atoms with Crippen LogP contribution in [0.25, 0.3) is 16.3 Å². The summed E-state index contributed by atoms with van der Waals surface area (Å²) in [5, 5.41) is 1.75. The lowest BCUT2D eigenvalue weighted by Gasteiger charge is -2.11. The number of fused-ring (bicyclic) bond motifs is 1. The minimum absolute atomic E-state index is 0.135. The first-order valence-corrected chi connectivity index (χ1v) is 7.33. The standard InChI is InChI=1S/C19H19F/c1-3-13-11-14(4-2)18(12-13)16-9-10-19(20)17-8-6-5-7-15(16)17/h5-11H,3-4,12H2,1-2H3. The minimum Gasteiger partial charge on any atom is -0.206 e. The smallest absolute Gasteiger partial charge is 0.131 e. The highest BCUT2D eigenvalue weighted by Crippen LogP contribution is 2.39. The van der Waals surface area contributed by atoms with Crippen LogP contribution in [-0.2, 0) is 0 Å². The molecule has 0 N–H and O–H groups in total. The second-order valence-corrected chi connectivity index (χ2v) is 5.33. The molecule has 0 fully saturated rings. The molecule has 2 aromatic carbocycles. The number of hydrogen-bond donors (Lipinski definition) is 0. The Hall–Kier alpha value is -1.89. The molecule has 1 heteroatoms. The number of halogens is 1. The monoisotopic (exact) mass is 266 g/mol. The van der Waals surface area contributed by atoms with Crippen LogP contribution in [0.4, 0.5) is 4.39 Å². The molecule has 20 heavy (non-hydrogen) atoms. The van der Waals surface area contributed by atoms with Crippen LogP contribution in [0, 0.1) is 5.82 Å². The highest BCUT2D eigenvalue weighted by atomic mass is 19.1. The largest absolute Gasteiger partial charge is 0.206 e.